The van der Waals surface area contributed by atoms with Gasteiger partial charge in [0.15, 0.2) is 5.78 Å². The Balaban J connectivity index is 1.82. The van der Waals surface area contributed by atoms with Gasteiger partial charge in [-0.1, -0.05) is 78.4 Å². The molecule has 0 aliphatic heterocycles. The number of hydrogen-bond donors (Lipinski definition) is 2. The molecule has 1 atom stereocenters. The van der Waals surface area contributed by atoms with Gasteiger partial charge >= 0.3 is 7.60 Å². The quantitative estimate of drug-likeness (QED) is 0.222. The molecule has 0 aromatic heterocycles. The molecule has 2 N–H and O–H groups in total. The van der Waals surface area contributed by atoms with Gasteiger partial charge in [-0.3, -0.25) is 0 Å². The molecule has 0 fully saturated rings. The monoisotopic (exact) mass is 445 g/mol. The molecule has 5 nitrogen and oxygen atoms in total. The van der Waals surface area contributed by atoms with Crippen LogP contribution in [0.25, 0.3) is 0 Å². The molecule has 0 bridgehead atoms. The Labute approximate surface area is 187 Å². The topological polar surface area (TPSA) is 67.8 Å². The lowest BCUT2D eigenvalue weighted by molar-refractivity contribution is 0.376. The zero-order chi connectivity index (χ0) is 22.4. The van der Waals surface area contributed by atoms with Crippen molar-refractivity contribution < 1.29 is 18.7 Å². The van der Waals surface area contributed by atoms with E-state index in [4.69, 9.17) is 9.05 Å². The number of nitrogens with one attached hydrogen (secondary N) is 1. The fourth-order valence-electron chi connectivity index (χ4n) is 3.31. The van der Waals surface area contributed by atoms with Crippen molar-refractivity contribution >= 4 is 13.3 Å². The molecule has 0 spiro atoms. The zero-order valence-corrected chi connectivity index (χ0v) is 18.5. The van der Waals surface area contributed by atoms with E-state index in [9.17, 15) is 9.67 Å². The first kappa shape index (κ1) is 21.5. The maximum absolute atomic E-state index is 14.5. The third kappa shape index (κ3) is 5.13. The normalized spacial score (nSPS) is 12.0. The number of anilines is 1. The lowest BCUT2D eigenvalue weighted by Crippen LogP contribution is -2.18. The summed E-state index contributed by atoms with van der Waals surface area (Å²) in [4.78, 5) is 0. The minimum Gasteiger partial charge on any atom is -0.506 e. The Hall–Kier alpha value is -3.69. The third-order valence-corrected chi connectivity index (χ3v) is 6.81. The van der Waals surface area contributed by atoms with Gasteiger partial charge in [-0.15, -0.1) is 0 Å². The number of rotatable bonds is 8. The number of phenols is 1. The maximum atomic E-state index is 14.5. The summed E-state index contributed by atoms with van der Waals surface area (Å²) in [6, 6.07) is 32.3. The highest BCUT2D eigenvalue weighted by molar-refractivity contribution is 7.55. The summed E-state index contributed by atoms with van der Waals surface area (Å²) in [6.45, 7) is 1.96. The van der Waals surface area contributed by atoms with Crippen LogP contribution in [0.2, 0.25) is 0 Å². The number of aryl methyl sites for hydroxylation is 1. The molecule has 4 aromatic carbocycles. The van der Waals surface area contributed by atoms with Crippen LogP contribution in [-0.2, 0) is 4.57 Å². The summed E-state index contributed by atoms with van der Waals surface area (Å²) in [6.07, 6.45) is 0. The van der Waals surface area contributed by atoms with Crippen LogP contribution < -0.4 is 14.4 Å². The molecule has 0 amide bonds. The van der Waals surface area contributed by atoms with Crippen molar-refractivity contribution in [1.82, 2.24) is 0 Å². The van der Waals surface area contributed by atoms with Crippen LogP contribution >= 0.6 is 7.60 Å². The van der Waals surface area contributed by atoms with Crippen LogP contribution in [0.5, 0.6) is 17.2 Å². The maximum Gasteiger partial charge on any atom is 0.457 e. The van der Waals surface area contributed by atoms with Crippen molar-refractivity contribution in [3.05, 3.63) is 120 Å². The molecule has 0 radical (unpaired) electrons. The Morgan fingerprint density at radius 1 is 0.750 bits per heavy atom. The van der Waals surface area contributed by atoms with Gasteiger partial charge < -0.3 is 19.5 Å². The SMILES string of the molecule is Cc1cccc(C(Nc2ccccc2O)P(=O)(Oc2ccccc2)Oc2ccccc2)c1. The summed E-state index contributed by atoms with van der Waals surface area (Å²) >= 11 is 0. The number of phenolic OH excluding ortho intramolecular Hbond substituents is 1. The molecule has 0 aliphatic rings. The number of para-hydroxylation sites is 4. The van der Waals surface area contributed by atoms with Crippen molar-refractivity contribution in [3.63, 3.8) is 0 Å². The van der Waals surface area contributed by atoms with E-state index in [1.54, 1.807) is 72.8 Å². The van der Waals surface area contributed by atoms with Crippen molar-refractivity contribution in [2.24, 2.45) is 0 Å². The van der Waals surface area contributed by atoms with Crippen LogP contribution in [0.1, 0.15) is 16.9 Å². The summed E-state index contributed by atoms with van der Waals surface area (Å²) < 4.78 is 26.6. The second-order valence-electron chi connectivity index (χ2n) is 7.33. The first-order chi connectivity index (χ1) is 15.5. The first-order valence-electron chi connectivity index (χ1n) is 10.2. The lowest BCUT2D eigenvalue weighted by atomic mass is 10.1. The van der Waals surface area contributed by atoms with Crippen LogP contribution in [0.15, 0.2) is 109 Å². The predicted octanol–water partition coefficient (Wildman–Crippen LogP) is 7.16. The molecule has 6 heteroatoms. The Bertz CT molecular complexity index is 1170. The highest BCUT2D eigenvalue weighted by atomic mass is 31.2. The summed E-state index contributed by atoms with van der Waals surface area (Å²) in [5, 5.41) is 13.6. The fourth-order valence-corrected chi connectivity index (χ4v) is 5.21. The number of aromatic hydroxyl groups is 1. The van der Waals surface area contributed by atoms with E-state index in [0.717, 1.165) is 5.56 Å². The Morgan fingerprint density at radius 3 is 1.88 bits per heavy atom. The van der Waals surface area contributed by atoms with Gasteiger partial charge in [0.25, 0.3) is 0 Å². The lowest BCUT2D eigenvalue weighted by Gasteiger charge is -2.29. The molecule has 162 valence electrons. The summed E-state index contributed by atoms with van der Waals surface area (Å²) in [5.74, 6) is -0.0146. The molecule has 4 aromatic rings. The molecule has 0 heterocycles. The minimum atomic E-state index is -3.92. The van der Waals surface area contributed by atoms with Gasteiger partial charge in [0.1, 0.15) is 17.2 Å². The summed E-state index contributed by atoms with van der Waals surface area (Å²) in [5.41, 5.74) is 2.13. The van der Waals surface area contributed by atoms with Crippen molar-refractivity contribution in [2.45, 2.75) is 12.7 Å². The van der Waals surface area contributed by atoms with E-state index >= 15 is 0 Å². The highest BCUT2D eigenvalue weighted by Crippen LogP contribution is 2.60. The molecule has 32 heavy (non-hydrogen) atoms. The number of hydrogen-bond acceptors (Lipinski definition) is 5. The third-order valence-electron chi connectivity index (χ3n) is 4.82. The van der Waals surface area contributed by atoms with Crippen LogP contribution in [0.4, 0.5) is 5.69 Å². The summed E-state index contributed by atoms with van der Waals surface area (Å²) in [7, 11) is -3.92. The van der Waals surface area contributed by atoms with Gasteiger partial charge in [-0.2, -0.15) is 0 Å². The number of benzene rings is 4. The fraction of sp³-hybridized carbons (Fsp3) is 0.0769. The molecule has 4 rings (SSSR count). The van der Waals surface area contributed by atoms with Gasteiger partial charge in [0, 0.05) is 0 Å². The van der Waals surface area contributed by atoms with E-state index < -0.39 is 13.4 Å². The largest absolute Gasteiger partial charge is 0.506 e. The molecule has 0 aliphatic carbocycles. The van der Waals surface area contributed by atoms with E-state index in [1.807, 2.05) is 43.3 Å². The molecule has 0 saturated carbocycles. The van der Waals surface area contributed by atoms with Crippen molar-refractivity contribution in [1.29, 1.82) is 0 Å². The van der Waals surface area contributed by atoms with E-state index in [2.05, 4.69) is 5.32 Å². The van der Waals surface area contributed by atoms with E-state index in [-0.39, 0.29) is 5.75 Å². The van der Waals surface area contributed by atoms with Gasteiger partial charge in [0.2, 0.25) is 0 Å². The molecule has 1 unspecified atom stereocenters. The standard InChI is InChI=1S/C26H24NO4P/c1-20-11-10-12-21(19-20)26(27-24-17-8-9-18-25(24)28)32(29,30-22-13-4-2-5-14-22)31-23-15-6-3-7-16-23/h2-19,26-28H,1H3. The van der Waals surface area contributed by atoms with E-state index in [0.29, 0.717) is 22.7 Å². The smallest absolute Gasteiger partial charge is 0.457 e. The Kier molecular flexibility index (Phi) is 6.48. The average Bonchev–Trinajstić information content (AvgIpc) is 2.79. The zero-order valence-electron chi connectivity index (χ0n) is 17.6. The minimum absolute atomic E-state index is 0.0381. The second-order valence-corrected chi connectivity index (χ2v) is 9.29. The van der Waals surface area contributed by atoms with Gasteiger partial charge in [-0.05, 0) is 48.9 Å². The van der Waals surface area contributed by atoms with E-state index in [1.165, 1.54) is 0 Å². The highest BCUT2D eigenvalue weighted by Gasteiger charge is 2.41. The molecular weight excluding hydrogens is 421 g/mol. The predicted molar refractivity (Wildman–Crippen MR) is 127 cm³/mol. The molecule has 0 saturated heterocycles. The van der Waals surface area contributed by atoms with Crippen molar-refractivity contribution in [2.75, 3.05) is 5.32 Å². The van der Waals surface area contributed by atoms with Crippen LogP contribution in [-0.4, -0.2) is 5.11 Å². The van der Waals surface area contributed by atoms with Crippen LogP contribution in [0, 0.1) is 6.92 Å². The Morgan fingerprint density at radius 2 is 1.31 bits per heavy atom. The van der Waals surface area contributed by atoms with Crippen molar-refractivity contribution in [3.8, 4) is 17.2 Å². The van der Waals surface area contributed by atoms with Crippen LogP contribution in [0.3, 0.4) is 0 Å². The average molecular weight is 445 g/mol. The molecular formula is C26H24NO4P. The second kappa shape index (κ2) is 9.63. The van der Waals surface area contributed by atoms with Gasteiger partial charge in [-0.25, -0.2) is 4.57 Å². The van der Waals surface area contributed by atoms with Gasteiger partial charge in [0.05, 0.1) is 5.69 Å². The first-order valence-corrected chi connectivity index (χ1v) is 11.8.